The molecule has 9 nitrogen and oxygen atoms in total. The third kappa shape index (κ3) is 6.56. The maximum Gasteiger partial charge on any atom is 0.326 e. The minimum Gasteiger partial charge on any atom is -0.478 e. The number of imidazole rings is 1. The number of nitrogens with one attached hydrogen (secondary N) is 1. The first kappa shape index (κ1) is 24.3. The van der Waals surface area contributed by atoms with E-state index in [-0.39, 0.29) is 11.7 Å². The average molecular weight is 448 g/mol. The van der Waals surface area contributed by atoms with Gasteiger partial charge in [0.05, 0.1) is 36.9 Å². The number of unbranched alkanes of at least 4 members (excludes halogenated alkanes) is 2. The predicted octanol–water partition coefficient (Wildman–Crippen LogP) is 2.17. The molecule has 0 saturated carbocycles. The van der Waals surface area contributed by atoms with Crippen molar-refractivity contribution < 1.29 is 14.3 Å². The molecule has 1 N–H and O–H groups in total. The summed E-state index contributed by atoms with van der Waals surface area (Å²) in [5.41, 5.74) is 2.36. The minimum absolute atomic E-state index is 0.0881. The highest BCUT2D eigenvalue weighted by Gasteiger charge is 2.17. The lowest BCUT2D eigenvalue weighted by Gasteiger charge is -2.34. The van der Waals surface area contributed by atoms with Gasteiger partial charge in [0, 0.05) is 45.3 Å². The van der Waals surface area contributed by atoms with Gasteiger partial charge in [-0.2, -0.15) is 0 Å². The van der Waals surface area contributed by atoms with Gasteiger partial charge in [0.1, 0.15) is 0 Å². The lowest BCUT2D eigenvalue weighted by molar-refractivity contribution is -0.141. The monoisotopic (exact) mass is 447 g/mol. The number of nitrogens with zero attached hydrogens (tertiary/aromatic N) is 4. The zero-order chi connectivity index (χ0) is 22.9. The molecule has 0 bridgehead atoms. The number of pyridine rings is 1. The Bertz CT molecular complexity index is 930. The molecule has 0 atom stereocenters. The van der Waals surface area contributed by atoms with Crippen LogP contribution in [-0.2, 0) is 16.1 Å². The number of carbonyl (C=O) groups excluding carboxylic acids is 1. The molecule has 0 radical (unpaired) electrons. The van der Waals surface area contributed by atoms with E-state index >= 15 is 0 Å². The Hall–Kier alpha value is -2.39. The van der Waals surface area contributed by atoms with Crippen LogP contribution >= 0.6 is 0 Å². The van der Waals surface area contributed by atoms with Gasteiger partial charge in [-0.05, 0) is 32.7 Å². The lowest BCUT2D eigenvalue weighted by atomic mass is 10.2. The summed E-state index contributed by atoms with van der Waals surface area (Å²) in [7, 11) is 1.43. The van der Waals surface area contributed by atoms with Crippen molar-refractivity contribution in [1.29, 1.82) is 0 Å². The second-order valence-corrected chi connectivity index (χ2v) is 8.44. The number of hydrogen-bond acceptors (Lipinski definition) is 7. The molecule has 2 aromatic heterocycles. The number of fused-ring (bicyclic) bond motifs is 1. The van der Waals surface area contributed by atoms with Gasteiger partial charge in [0.15, 0.2) is 0 Å². The molecule has 0 spiro atoms. The van der Waals surface area contributed by atoms with Gasteiger partial charge in [-0.1, -0.05) is 13.3 Å². The Labute approximate surface area is 189 Å². The Morgan fingerprint density at radius 1 is 1.09 bits per heavy atom. The smallest absolute Gasteiger partial charge is 0.326 e. The van der Waals surface area contributed by atoms with Gasteiger partial charge in [0.25, 0.3) is 0 Å². The Balaban J connectivity index is 1.47. The summed E-state index contributed by atoms with van der Waals surface area (Å²) >= 11 is 0. The quantitative estimate of drug-likeness (QED) is 0.394. The molecule has 2 aromatic rings. The summed E-state index contributed by atoms with van der Waals surface area (Å²) in [5.74, 6) is 0.437. The van der Waals surface area contributed by atoms with E-state index < -0.39 is 0 Å². The van der Waals surface area contributed by atoms with Crippen LogP contribution in [0.5, 0.6) is 5.88 Å². The first-order valence-electron chi connectivity index (χ1n) is 11.8. The van der Waals surface area contributed by atoms with Crippen molar-refractivity contribution in [1.82, 2.24) is 24.3 Å². The number of H-pyrrole nitrogens is 1. The molecule has 0 unspecified atom stereocenters. The zero-order valence-corrected chi connectivity index (χ0v) is 19.7. The van der Waals surface area contributed by atoms with E-state index in [0.717, 1.165) is 81.7 Å². The lowest BCUT2D eigenvalue weighted by Crippen LogP contribution is -2.47. The fourth-order valence-corrected chi connectivity index (χ4v) is 4.09. The third-order valence-electron chi connectivity index (χ3n) is 6.10. The number of rotatable bonds is 12. The molecule has 3 rings (SSSR count). The number of hydrogen-bond donors (Lipinski definition) is 1. The van der Waals surface area contributed by atoms with Crippen molar-refractivity contribution in [2.75, 3.05) is 53.0 Å². The van der Waals surface area contributed by atoms with Crippen molar-refractivity contribution in [3.8, 4) is 5.88 Å². The molecule has 9 heteroatoms. The summed E-state index contributed by atoms with van der Waals surface area (Å²) in [6.45, 7) is 11.1. The Morgan fingerprint density at radius 3 is 2.47 bits per heavy atom. The van der Waals surface area contributed by atoms with Crippen molar-refractivity contribution >= 4 is 17.0 Å². The second-order valence-electron chi connectivity index (χ2n) is 8.44. The first-order valence-corrected chi connectivity index (χ1v) is 11.8. The van der Waals surface area contributed by atoms with E-state index in [1.165, 1.54) is 7.11 Å². The number of methoxy groups -OCH3 is 1. The standard InChI is InChI=1S/C23H37N5O4/c1-4-5-16-32-20-17-19-22(18(2)24-20)25-23(30)28(19)10-7-6-9-26-12-14-27(15-13-26)11-8-21(29)31-3/h17H,4-16H2,1-3H3,(H,25,30). The first-order chi connectivity index (χ1) is 15.5. The number of carbonyl (C=O) groups is 1. The molecule has 0 aromatic carbocycles. The van der Waals surface area contributed by atoms with Crippen LogP contribution in [0.25, 0.3) is 11.0 Å². The maximum atomic E-state index is 12.5. The summed E-state index contributed by atoms with van der Waals surface area (Å²) in [5, 5.41) is 0. The highest BCUT2D eigenvalue weighted by Crippen LogP contribution is 2.20. The molecule has 3 heterocycles. The van der Waals surface area contributed by atoms with Crippen LogP contribution in [0.2, 0.25) is 0 Å². The number of aromatic amines is 1. The van der Waals surface area contributed by atoms with Gasteiger partial charge in [-0.25, -0.2) is 9.78 Å². The maximum absolute atomic E-state index is 12.5. The van der Waals surface area contributed by atoms with Crippen LogP contribution in [0.3, 0.4) is 0 Å². The van der Waals surface area contributed by atoms with Crippen molar-refractivity contribution in [2.24, 2.45) is 0 Å². The molecule has 0 amide bonds. The number of esters is 1. The van der Waals surface area contributed by atoms with E-state index in [1.807, 2.05) is 13.0 Å². The molecule has 178 valence electrons. The molecule has 1 saturated heterocycles. The molecule has 1 aliphatic rings. The van der Waals surface area contributed by atoms with Crippen LogP contribution < -0.4 is 10.4 Å². The number of aromatic nitrogens is 3. The SMILES string of the molecule is CCCCOc1cc2c([nH]c(=O)n2CCCCN2CCN(CCC(=O)OC)CC2)c(C)n1. The summed E-state index contributed by atoms with van der Waals surface area (Å²) in [6, 6.07) is 1.88. The second kappa shape index (κ2) is 12.0. The van der Waals surface area contributed by atoms with E-state index in [0.29, 0.717) is 25.5 Å². The van der Waals surface area contributed by atoms with Gasteiger partial charge in [0.2, 0.25) is 5.88 Å². The van der Waals surface area contributed by atoms with E-state index in [9.17, 15) is 9.59 Å². The highest BCUT2D eigenvalue weighted by molar-refractivity contribution is 5.78. The van der Waals surface area contributed by atoms with E-state index in [1.54, 1.807) is 4.57 Å². The summed E-state index contributed by atoms with van der Waals surface area (Å²) in [6.07, 6.45) is 4.47. The van der Waals surface area contributed by atoms with E-state index in [4.69, 9.17) is 9.47 Å². The summed E-state index contributed by atoms with van der Waals surface area (Å²) in [4.78, 5) is 36.0. The fourth-order valence-electron chi connectivity index (χ4n) is 4.09. The predicted molar refractivity (Wildman–Crippen MR) is 124 cm³/mol. The Kier molecular flexibility index (Phi) is 9.11. The fraction of sp³-hybridized carbons (Fsp3) is 0.696. The topological polar surface area (TPSA) is 92.7 Å². The normalized spacial score (nSPS) is 15.3. The van der Waals surface area contributed by atoms with Crippen LogP contribution in [0.1, 0.15) is 44.7 Å². The van der Waals surface area contributed by atoms with E-state index in [2.05, 4.69) is 26.7 Å². The third-order valence-corrected chi connectivity index (χ3v) is 6.10. The molecule has 0 aliphatic carbocycles. The van der Waals surface area contributed by atoms with Crippen LogP contribution in [0.15, 0.2) is 10.9 Å². The number of ether oxygens (including phenoxy) is 2. The number of piperazine rings is 1. The van der Waals surface area contributed by atoms with Crippen LogP contribution in [-0.4, -0.2) is 83.3 Å². The van der Waals surface area contributed by atoms with Crippen molar-refractivity contribution in [3.05, 3.63) is 22.2 Å². The largest absolute Gasteiger partial charge is 0.478 e. The highest BCUT2D eigenvalue weighted by atomic mass is 16.5. The molecule has 1 aliphatic heterocycles. The minimum atomic E-state index is -0.148. The van der Waals surface area contributed by atoms with Gasteiger partial charge in [-0.15, -0.1) is 0 Å². The van der Waals surface area contributed by atoms with Crippen molar-refractivity contribution in [3.63, 3.8) is 0 Å². The molecule has 1 fully saturated rings. The van der Waals surface area contributed by atoms with Gasteiger partial charge >= 0.3 is 11.7 Å². The zero-order valence-electron chi connectivity index (χ0n) is 19.7. The van der Waals surface area contributed by atoms with Crippen LogP contribution in [0.4, 0.5) is 0 Å². The number of aryl methyl sites for hydroxylation is 2. The molecular formula is C23H37N5O4. The van der Waals surface area contributed by atoms with Crippen molar-refractivity contribution in [2.45, 2.75) is 52.5 Å². The van der Waals surface area contributed by atoms with Gasteiger partial charge in [-0.3, -0.25) is 9.36 Å². The average Bonchev–Trinajstić information content (AvgIpc) is 3.11. The summed E-state index contributed by atoms with van der Waals surface area (Å²) < 4.78 is 12.3. The van der Waals surface area contributed by atoms with Gasteiger partial charge < -0.3 is 24.3 Å². The Morgan fingerprint density at radius 2 is 1.78 bits per heavy atom. The van der Waals surface area contributed by atoms with Crippen LogP contribution in [0, 0.1) is 6.92 Å². The molecular weight excluding hydrogens is 410 g/mol. The molecule has 32 heavy (non-hydrogen) atoms.